The van der Waals surface area contributed by atoms with E-state index in [-0.39, 0.29) is 18.4 Å². The number of para-hydroxylation sites is 1. The van der Waals surface area contributed by atoms with Gasteiger partial charge in [0.1, 0.15) is 0 Å². The molecule has 1 aliphatic rings. The lowest BCUT2D eigenvalue weighted by Crippen LogP contribution is -2.46. The van der Waals surface area contributed by atoms with Crippen LogP contribution in [0.1, 0.15) is 23.2 Å². The molecule has 1 saturated heterocycles. The van der Waals surface area contributed by atoms with Crippen molar-refractivity contribution in [1.82, 2.24) is 10.3 Å². The largest absolute Gasteiger partial charge is 0.338 e. The lowest BCUT2D eigenvalue weighted by Gasteiger charge is -2.27. The summed E-state index contributed by atoms with van der Waals surface area (Å²) in [7, 11) is 0. The number of aromatic nitrogens is 1. The van der Waals surface area contributed by atoms with Gasteiger partial charge in [0.05, 0.1) is 11.9 Å². The average Bonchev–Trinajstić information content (AvgIpc) is 2.72. The first-order valence-corrected chi connectivity index (χ1v) is 9.83. The maximum Gasteiger partial charge on any atom is 0.321 e. The zero-order valence-electron chi connectivity index (χ0n) is 16.7. The van der Waals surface area contributed by atoms with Crippen molar-refractivity contribution >= 4 is 34.2 Å². The lowest BCUT2D eigenvalue weighted by molar-refractivity contribution is -0.115. The highest BCUT2D eigenvalue weighted by Crippen LogP contribution is 2.24. The number of hydrogen-bond acceptors (Lipinski definition) is 3. The van der Waals surface area contributed by atoms with E-state index in [9.17, 15) is 9.59 Å². The van der Waals surface area contributed by atoms with Crippen LogP contribution >= 0.6 is 0 Å². The highest BCUT2D eigenvalue weighted by Gasteiger charge is 2.19. The van der Waals surface area contributed by atoms with Gasteiger partial charge in [-0.3, -0.25) is 14.7 Å². The molecule has 0 bridgehead atoms. The van der Waals surface area contributed by atoms with Crippen molar-refractivity contribution < 1.29 is 9.59 Å². The number of carbonyl (C=O) groups excluding carboxylic acids is 2. The monoisotopic (exact) mass is 388 g/mol. The maximum atomic E-state index is 12.7. The average molecular weight is 388 g/mol. The molecule has 29 heavy (non-hydrogen) atoms. The van der Waals surface area contributed by atoms with Crippen LogP contribution in [0.5, 0.6) is 0 Å². The first-order chi connectivity index (χ1) is 14.0. The van der Waals surface area contributed by atoms with Crippen LogP contribution in [-0.2, 0) is 11.2 Å². The van der Waals surface area contributed by atoms with Gasteiger partial charge in [-0.1, -0.05) is 24.3 Å². The molecule has 0 aliphatic carbocycles. The lowest BCUT2D eigenvalue weighted by atomic mass is 9.99. The van der Waals surface area contributed by atoms with E-state index in [2.05, 4.69) is 15.6 Å². The van der Waals surface area contributed by atoms with E-state index in [1.165, 1.54) is 0 Å². The summed E-state index contributed by atoms with van der Waals surface area (Å²) in [5.41, 5.74) is 5.30. The van der Waals surface area contributed by atoms with Crippen LogP contribution in [0.15, 0.2) is 48.5 Å². The fraction of sp³-hybridized carbons (Fsp3) is 0.261. The number of aryl methyl sites for hydroxylation is 2. The zero-order chi connectivity index (χ0) is 20.4. The number of fused-ring (bicyclic) bond motifs is 1. The Morgan fingerprint density at radius 2 is 2.00 bits per heavy atom. The summed E-state index contributed by atoms with van der Waals surface area (Å²) in [5.74, 6) is -0.103. The minimum Gasteiger partial charge on any atom is -0.338 e. The molecule has 1 aliphatic heterocycles. The van der Waals surface area contributed by atoms with Gasteiger partial charge in [0.2, 0.25) is 5.91 Å². The zero-order valence-corrected chi connectivity index (χ0v) is 16.7. The number of amides is 3. The smallest absolute Gasteiger partial charge is 0.321 e. The highest BCUT2D eigenvalue weighted by atomic mass is 16.2. The topological polar surface area (TPSA) is 74.3 Å². The Bertz CT molecular complexity index is 1090. The van der Waals surface area contributed by atoms with E-state index >= 15 is 0 Å². The van der Waals surface area contributed by atoms with E-state index in [1.54, 1.807) is 4.90 Å². The van der Waals surface area contributed by atoms with Crippen LogP contribution in [0.3, 0.4) is 0 Å². The highest BCUT2D eigenvalue weighted by molar-refractivity contribution is 5.96. The van der Waals surface area contributed by atoms with Gasteiger partial charge in [0.25, 0.3) is 0 Å². The van der Waals surface area contributed by atoms with Crippen LogP contribution in [0, 0.1) is 13.8 Å². The first kappa shape index (κ1) is 18.9. The molecule has 1 aromatic heterocycles. The number of nitrogens with one attached hydrogen (secondary N) is 2. The Morgan fingerprint density at radius 3 is 2.83 bits per heavy atom. The van der Waals surface area contributed by atoms with Crippen LogP contribution in [-0.4, -0.2) is 30.0 Å². The van der Waals surface area contributed by atoms with Crippen LogP contribution < -0.4 is 15.5 Å². The molecular weight excluding hydrogens is 364 g/mol. The molecule has 0 radical (unpaired) electrons. The van der Waals surface area contributed by atoms with Crippen LogP contribution in [0.25, 0.3) is 10.9 Å². The van der Waals surface area contributed by atoms with Crippen molar-refractivity contribution in [2.75, 3.05) is 23.3 Å². The number of anilines is 2. The summed E-state index contributed by atoms with van der Waals surface area (Å²) < 4.78 is 0. The molecule has 0 atom stereocenters. The number of hydrogen-bond donors (Lipinski definition) is 2. The first-order valence-electron chi connectivity index (χ1n) is 9.83. The number of rotatable bonds is 4. The molecule has 0 spiro atoms. The molecule has 0 unspecified atom stereocenters. The summed E-state index contributed by atoms with van der Waals surface area (Å²) in [6, 6.07) is 15.3. The Morgan fingerprint density at radius 1 is 1.17 bits per heavy atom. The van der Waals surface area contributed by atoms with Crippen molar-refractivity contribution in [2.45, 2.75) is 26.7 Å². The van der Waals surface area contributed by atoms with Crippen molar-refractivity contribution in [3.05, 3.63) is 65.4 Å². The van der Waals surface area contributed by atoms with Gasteiger partial charge in [0.15, 0.2) is 0 Å². The van der Waals surface area contributed by atoms with Gasteiger partial charge in [-0.05, 0) is 55.7 Å². The third-order valence-electron chi connectivity index (χ3n) is 5.34. The van der Waals surface area contributed by atoms with E-state index in [0.29, 0.717) is 18.8 Å². The summed E-state index contributed by atoms with van der Waals surface area (Å²) in [6.07, 6.45) is 1.15. The Labute approximate surface area is 169 Å². The summed E-state index contributed by atoms with van der Waals surface area (Å²) >= 11 is 0. The molecule has 3 amide bonds. The van der Waals surface area contributed by atoms with Gasteiger partial charge < -0.3 is 10.6 Å². The minimum atomic E-state index is -0.104. The van der Waals surface area contributed by atoms with Crippen molar-refractivity contribution in [3.8, 4) is 0 Å². The number of urea groups is 1. The number of carbonyl (C=O) groups is 2. The van der Waals surface area contributed by atoms with E-state index in [0.717, 1.165) is 39.8 Å². The minimum absolute atomic E-state index is 0.103. The molecule has 2 heterocycles. The molecule has 2 N–H and O–H groups in total. The standard InChI is InChI=1S/C23H24N4O2/c1-15-19-9-3-4-10-21(19)25-16(2)20(15)14-22(28)26-17-7-5-8-18(13-17)27-12-6-11-24-23(27)29/h3-5,7-10,13H,6,11-12,14H2,1-2H3,(H,24,29)(H,26,28). The van der Waals surface area contributed by atoms with Crippen molar-refractivity contribution in [1.29, 1.82) is 0 Å². The van der Waals surface area contributed by atoms with Crippen molar-refractivity contribution in [2.24, 2.45) is 0 Å². The van der Waals surface area contributed by atoms with E-state index in [4.69, 9.17) is 0 Å². The summed E-state index contributed by atoms with van der Waals surface area (Å²) in [4.78, 5) is 31.2. The summed E-state index contributed by atoms with van der Waals surface area (Å²) in [6.45, 7) is 5.35. The van der Waals surface area contributed by atoms with Crippen molar-refractivity contribution in [3.63, 3.8) is 0 Å². The molecule has 4 rings (SSSR count). The van der Waals surface area contributed by atoms with Gasteiger partial charge in [0, 0.05) is 35.5 Å². The predicted octanol–water partition coefficient (Wildman–Crippen LogP) is 3.95. The van der Waals surface area contributed by atoms with Gasteiger partial charge in [-0.15, -0.1) is 0 Å². The predicted molar refractivity (Wildman–Crippen MR) is 115 cm³/mol. The molecule has 3 aromatic rings. The second-order valence-electron chi connectivity index (χ2n) is 7.33. The van der Waals surface area contributed by atoms with Gasteiger partial charge in [-0.25, -0.2) is 4.79 Å². The van der Waals surface area contributed by atoms with Gasteiger partial charge >= 0.3 is 6.03 Å². The molecule has 6 nitrogen and oxygen atoms in total. The second kappa shape index (κ2) is 7.91. The van der Waals surface area contributed by atoms with Crippen LogP contribution in [0.2, 0.25) is 0 Å². The third-order valence-corrected chi connectivity index (χ3v) is 5.34. The van der Waals surface area contributed by atoms with Gasteiger partial charge in [-0.2, -0.15) is 0 Å². The SMILES string of the molecule is Cc1nc2ccccc2c(C)c1CC(=O)Nc1cccc(N2CCCNC2=O)c1. The summed E-state index contributed by atoms with van der Waals surface area (Å²) in [5, 5.41) is 6.87. The fourth-order valence-electron chi connectivity index (χ4n) is 3.82. The molecule has 6 heteroatoms. The second-order valence-corrected chi connectivity index (χ2v) is 7.33. The Kier molecular flexibility index (Phi) is 5.16. The Hall–Kier alpha value is -3.41. The normalized spacial score (nSPS) is 14.0. The molecule has 1 fully saturated rings. The fourth-order valence-corrected chi connectivity index (χ4v) is 3.82. The number of pyridine rings is 1. The molecule has 0 saturated carbocycles. The number of nitrogens with zero attached hydrogens (tertiary/aromatic N) is 2. The van der Waals surface area contributed by atoms with Crippen LogP contribution in [0.4, 0.5) is 16.2 Å². The molecule has 2 aromatic carbocycles. The maximum absolute atomic E-state index is 12.7. The molecule has 148 valence electrons. The Balaban J connectivity index is 1.53. The molecular formula is C23H24N4O2. The quantitative estimate of drug-likeness (QED) is 0.711. The third kappa shape index (κ3) is 3.92. The van der Waals surface area contributed by atoms with E-state index in [1.807, 2.05) is 62.4 Å². The number of benzene rings is 2. The van der Waals surface area contributed by atoms with E-state index < -0.39 is 0 Å².